The summed E-state index contributed by atoms with van der Waals surface area (Å²) in [6.45, 7) is -0.263. The van der Waals surface area contributed by atoms with Crippen molar-refractivity contribution < 1.29 is 14.3 Å². The predicted octanol–water partition coefficient (Wildman–Crippen LogP) is 3.03. The molecule has 128 valence electrons. The van der Waals surface area contributed by atoms with E-state index in [0.717, 1.165) is 0 Å². The maximum Gasteiger partial charge on any atom is 0.340 e. The van der Waals surface area contributed by atoms with Crippen molar-refractivity contribution in [3.8, 4) is 6.07 Å². The minimum Gasteiger partial charge on any atom is -0.452 e. The summed E-state index contributed by atoms with van der Waals surface area (Å²) in [7, 11) is 0. The van der Waals surface area contributed by atoms with Gasteiger partial charge in [0.1, 0.15) is 0 Å². The Kier molecular flexibility index (Phi) is 6.38. The molecule has 0 saturated carbocycles. The van der Waals surface area contributed by atoms with Crippen LogP contribution in [0.15, 0.2) is 48.5 Å². The van der Waals surface area contributed by atoms with Crippen LogP contribution in [0.1, 0.15) is 16.8 Å². The number of rotatable bonds is 6. The van der Waals surface area contributed by atoms with Gasteiger partial charge in [-0.05, 0) is 30.3 Å². The monoisotopic (exact) mass is 357 g/mol. The summed E-state index contributed by atoms with van der Waals surface area (Å²) >= 11 is 5.84. The molecule has 0 aliphatic rings. The number of nitrogen functional groups attached to an aromatic ring is 1. The van der Waals surface area contributed by atoms with E-state index in [1.54, 1.807) is 30.3 Å². The molecule has 0 aromatic heterocycles. The molecular weight excluding hydrogens is 342 g/mol. The number of amides is 1. The Morgan fingerprint density at radius 3 is 2.60 bits per heavy atom. The fraction of sp³-hybridized carbons (Fsp3) is 0.167. The molecule has 0 unspecified atom stereocenters. The lowest BCUT2D eigenvalue weighted by Gasteiger charge is -2.21. The number of para-hydroxylation sites is 1. The van der Waals surface area contributed by atoms with E-state index < -0.39 is 18.5 Å². The number of benzene rings is 2. The van der Waals surface area contributed by atoms with Crippen LogP contribution in [-0.4, -0.2) is 25.0 Å². The standard InChI is InChI=1S/C18H16ClN3O3/c19-13-7-8-16(21)15(11-13)18(24)25-12-17(23)22(10-4-9-20)14-5-2-1-3-6-14/h1-3,5-8,11H,4,10,12,21H2. The first-order valence-corrected chi connectivity index (χ1v) is 7.85. The molecule has 0 heterocycles. The molecule has 2 aromatic carbocycles. The van der Waals surface area contributed by atoms with Gasteiger partial charge in [0, 0.05) is 22.9 Å². The fourth-order valence-corrected chi connectivity index (χ4v) is 2.33. The lowest BCUT2D eigenvalue weighted by molar-refractivity contribution is -0.121. The van der Waals surface area contributed by atoms with E-state index in [1.165, 1.54) is 17.0 Å². The van der Waals surface area contributed by atoms with Crippen molar-refractivity contribution in [2.24, 2.45) is 0 Å². The molecular formula is C18H16ClN3O3. The van der Waals surface area contributed by atoms with Gasteiger partial charge in [-0.3, -0.25) is 4.79 Å². The Morgan fingerprint density at radius 2 is 1.92 bits per heavy atom. The van der Waals surface area contributed by atoms with Crippen LogP contribution in [0.25, 0.3) is 0 Å². The van der Waals surface area contributed by atoms with Crippen molar-refractivity contribution in [3.05, 3.63) is 59.1 Å². The van der Waals surface area contributed by atoms with E-state index in [4.69, 9.17) is 27.3 Å². The maximum atomic E-state index is 12.4. The number of nitrogens with two attached hydrogens (primary N) is 1. The largest absolute Gasteiger partial charge is 0.452 e. The van der Waals surface area contributed by atoms with Crippen LogP contribution < -0.4 is 10.6 Å². The van der Waals surface area contributed by atoms with Crippen LogP contribution in [0.5, 0.6) is 0 Å². The molecule has 0 saturated heterocycles. The van der Waals surface area contributed by atoms with Crippen LogP contribution in [0.2, 0.25) is 5.02 Å². The van der Waals surface area contributed by atoms with Crippen molar-refractivity contribution in [2.75, 3.05) is 23.8 Å². The van der Waals surface area contributed by atoms with Crippen molar-refractivity contribution in [1.29, 1.82) is 5.26 Å². The molecule has 6 nitrogen and oxygen atoms in total. The minimum absolute atomic E-state index is 0.101. The molecule has 0 aliphatic heterocycles. The summed E-state index contributed by atoms with van der Waals surface area (Å²) in [5, 5.41) is 9.11. The van der Waals surface area contributed by atoms with Crippen LogP contribution in [-0.2, 0) is 9.53 Å². The number of nitrogens with zero attached hydrogens (tertiary/aromatic N) is 2. The lowest BCUT2D eigenvalue weighted by Crippen LogP contribution is -2.35. The minimum atomic E-state index is -0.735. The van der Waals surface area contributed by atoms with Gasteiger partial charge in [-0.15, -0.1) is 0 Å². The first kappa shape index (κ1) is 18.3. The van der Waals surface area contributed by atoms with Crippen molar-refractivity contribution in [2.45, 2.75) is 6.42 Å². The molecule has 0 spiro atoms. The Balaban J connectivity index is 2.07. The van der Waals surface area contributed by atoms with Gasteiger partial charge in [-0.1, -0.05) is 29.8 Å². The van der Waals surface area contributed by atoms with Crippen LogP contribution in [0, 0.1) is 11.3 Å². The Labute approximate surface area is 150 Å². The number of carbonyl (C=O) groups excluding carboxylic acids is 2. The van der Waals surface area contributed by atoms with E-state index >= 15 is 0 Å². The van der Waals surface area contributed by atoms with Crippen LogP contribution >= 0.6 is 11.6 Å². The first-order valence-electron chi connectivity index (χ1n) is 7.47. The van der Waals surface area contributed by atoms with Gasteiger partial charge in [-0.2, -0.15) is 5.26 Å². The summed E-state index contributed by atoms with van der Waals surface area (Å²) in [4.78, 5) is 25.9. The number of carbonyl (C=O) groups is 2. The highest BCUT2D eigenvalue weighted by molar-refractivity contribution is 6.31. The summed E-state index contributed by atoms with van der Waals surface area (Å²) in [5.74, 6) is -1.17. The van der Waals surface area contributed by atoms with Gasteiger partial charge in [0.2, 0.25) is 0 Å². The highest BCUT2D eigenvalue weighted by Crippen LogP contribution is 2.19. The van der Waals surface area contributed by atoms with Gasteiger partial charge in [0.25, 0.3) is 5.91 Å². The van der Waals surface area contributed by atoms with Crippen molar-refractivity contribution in [1.82, 2.24) is 0 Å². The lowest BCUT2D eigenvalue weighted by atomic mass is 10.2. The Hall–Kier alpha value is -3.04. The van der Waals surface area contributed by atoms with Gasteiger partial charge in [-0.25, -0.2) is 4.79 Å². The van der Waals surface area contributed by atoms with E-state index in [0.29, 0.717) is 10.7 Å². The molecule has 7 heteroatoms. The number of hydrogen-bond acceptors (Lipinski definition) is 5. The van der Waals surface area contributed by atoms with E-state index in [9.17, 15) is 9.59 Å². The van der Waals surface area contributed by atoms with Crippen LogP contribution in [0.4, 0.5) is 11.4 Å². The summed E-state index contributed by atoms with van der Waals surface area (Å²) in [6.07, 6.45) is 0.163. The van der Waals surface area contributed by atoms with Crippen molar-refractivity contribution in [3.63, 3.8) is 0 Å². The number of esters is 1. The number of ether oxygens (including phenoxy) is 1. The zero-order chi connectivity index (χ0) is 18.2. The number of anilines is 2. The Bertz CT molecular complexity index is 803. The second-order valence-electron chi connectivity index (χ2n) is 5.10. The maximum absolute atomic E-state index is 12.4. The molecule has 0 radical (unpaired) electrons. The predicted molar refractivity (Wildman–Crippen MR) is 95.2 cm³/mol. The third kappa shape index (κ3) is 4.96. The number of hydrogen-bond donors (Lipinski definition) is 1. The average molecular weight is 358 g/mol. The normalized spacial score (nSPS) is 9.92. The first-order chi connectivity index (χ1) is 12.0. The molecule has 0 fully saturated rings. The van der Waals surface area contributed by atoms with E-state index in [-0.39, 0.29) is 24.2 Å². The highest BCUT2D eigenvalue weighted by atomic mass is 35.5. The molecule has 0 aliphatic carbocycles. The summed E-state index contributed by atoms with van der Waals surface area (Å²) < 4.78 is 5.06. The third-order valence-corrected chi connectivity index (χ3v) is 3.61. The number of nitriles is 1. The zero-order valence-electron chi connectivity index (χ0n) is 13.3. The second-order valence-corrected chi connectivity index (χ2v) is 5.53. The van der Waals surface area contributed by atoms with Crippen LogP contribution in [0.3, 0.4) is 0 Å². The molecule has 2 aromatic rings. The van der Waals surface area contributed by atoms with E-state index in [2.05, 4.69) is 0 Å². The Morgan fingerprint density at radius 1 is 1.20 bits per heavy atom. The zero-order valence-corrected chi connectivity index (χ0v) is 14.1. The summed E-state index contributed by atoms with van der Waals surface area (Å²) in [6, 6.07) is 15.3. The summed E-state index contributed by atoms with van der Waals surface area (Å²) in [5.41, 5.74) is 6.66. The molecule has 0 bridgehead atoms. The fourth-order valence-electron chi connectivity index (χ4n) is 2.16. The SMILES string of the molecule is N#CCCN(C(=O)COC(=O)c1cc(Cl)ccc1N)c1ccccc1. The molecule has 2 rings (SSSR count). The number of halogens is 1. The van der Waals surface area contributed by atoms with Gasteiger partial charge in [0.15, 0.2) is 6.61 Å². The third-order valence-electron chi connectivity index (χ3n) is 3.38. The van der Waals surface area contributed by atoms with E-state index in [1.807, 2.05) is 12.1 Å². The molecule has 25 heavy (non-hydrogen) atoms. The van der Waals surface area contributed by atoms with Gasteiger partial charge in [0.05, 0.1) is 18.1 Å². The molecule has 0 atom stereocenters. The smallest absolute Gasteiger partial charge is 0.340 e. The van der Waals surface area contributed by atoms with Gasteiger partial charge < -0.3 is 15.4 Å². The second kappa shape index (κ2) is 8.71. The van der Waals surface area contributed by atoms with Crippen molar-refractivity contribution >= 4 is 34.9 Å². The topological polar surface area (TPSA) is 96.4 Å². The van der Waals surface area contributed by atoms with Gasteiger partial charge >= 0.3 is 5.97 Å². The molecule has 1 amide bonds. The average Bonchev–Trinajstić information content (AvgIpc) is 2.63. The highest BCUT2D eigenvalue weighted by Gasteiger charge is 2.19. The quantitative estimate of drug-likeness (QED) is 0.633. The molecule has 2 N–H and O–H groups in total.